The lowest BCUT2D eigenvalue weighted by molar-refractivity contribution is -0.141. The summed E-state index contributed by atoms with van der Waals surface area (Å²) in [6.45, 7) is 3.52. The van der Waals surface area contributed by atoms with Gasteiger partial charge in [-0.25, -0.2) is 4.79 Å². The van der Waals surface area contributed by atoms with Crippen LogP contribution in [0.15, 0.2) is 18.2 Å². The van der Waals surface area contributed by atoms with E-state index in [0.717, 1.165) is 24.2 Å². The van der Waals surface area contributed by atoms with Crippen LogP contribution in [-0.4, -0.2) is 64.9 Å². The van der Waals surface area contributed by atoms with Gasteiger partial charge in [0, 0.05) is 29.9 Å². The molecular formula is C20H26N4O5. The van der Waals surface area contributed by atoms with Crippen LogP contribution >= 0.6 is 0 Å². The second kappa shape index (κ2) is 9.02. The first-order chi connectivity index (χ1) is 13.8. The van der Waals surface area contributed by atoms with E-state index in [9.17, 15) is 19.2 Å². The molecule has 2 N–H and O–H groups in total. The van der Waals surface area contributed by atoms with E-state index < -0.39 is 23.8 Å². The third kappa shape index (κ3) is 5.75. The smallest absolute Gasteiger partial charge is 0.407 e. The van der Waals surface area contributed by atoms with Crippen LogP contribution in [0.5, 0.6) is 0 Å². The molecule has 156 valence electrons. The molecule has 2 atom stereocenters. The maximum absolute atomic E-state index is 12.5. The summed E-state index contributed by atoms with van der Waals surface area (Å²) in [6.07, 6.45) is 1.90. The molecule has 1 aromatic heterocycles. The van der Waals surface area contributed by atoms with Crippen molar-refractivity contribution in [2.45, 2.75) is 57.7 Å². The van der Waals surface area contributed by atoms with E-state index in [1.165, 1.54) is 4.90 Å². The number of nitrogens with one attached hydrogen (secondary N) is 2. The molecule has 1 saturated carbocycles. The molecule has 2 unspecified atom stereocenters. The summed E-state index contributed by atoms with van der Waals surface area (Å²) in [4.78, 5) is 54.1. The first-order valence-corrected chi connectivity index (χ1v) is 9.83. The number of amides is 3. The monoisotopic (exact) mass is 402 g/mol. The average Bonchev–Trinajstić information content (AvgIpc) is 3.44. The Bertz CT molecular complexity index is 808. The minimum Gasteiger partial charge on any atom is -0.449 e. The highest BCUT2D eigenvalue weighted by atomic mass is 16.5. The van der Waals surface area contributed by atoms with Crippen molar-refractivity contribution in [1.29, 1.82) is 0 Å². The number of ketones is 1. The number of pyridine rings is 1. The summed E-state index contributed by atoms with van der Waals surface area (Å²) < 4.78 is 5.14. The van der Waals surface area contributed by atoms with Crippen molar-refractivity contribution in [2.24, 2.45) is 0 Å². The van der Waals surface area contributed by atoms with Gasteiger partial charge >= 0.3 is 6.09 Å². The molecule has 0 radical (unpaired) electrons. The predicted octanol–water partition coefficient (Wildman–Crippen LogP) is 0.496. The Morgan fingerprint density at radius 2 is 2.00 bits per heavy atom. The number of aryl methyl sites for hydroxylation is 1. The van der Waals surface area contributed by atoms with Crippen LogP contribution in [0.2, 0.25) is 0 Å². The van der Waals surface area contributed by atoms with Gasteiger partial charge in [-0.1, -0.05) is 6.07 Å². The molecule has 0 spiro atoms. The van der Waals surface area contributed by atoms with Gasteiger partial charge in [-0.05, 0) is 45.2 Å². The maximum atomic E-state index is 12.5. The van der Waals surface area contributed by atoms with E-state index in [0.29, 0.717) is 12.8 Å². The molecule has 2 heterocycles. The molecule has 3 rings (SSSR count). The fraction of sp³-hybridized carbons (Fsp3) is 0.550. The van der Waals surface area contributed by atoms with Crippen LogP contribution in [-0.2, 0) is 25.5 Å². The minimum atomic E-state index is -0.770. The lowest BCUT2D eigenvalue weighted by Gasteiger charge is -2.20. The molecule has 0 aromatic carbocycles. The number of Topliss-reactive ketones (excluding diaryl/α,β-unsaturated/α-hetero) is 1. The maximum Gasteiger partial charge on any atom is 0.407 e. The Hall–Kier alpha value is -2.97. The zero-order chi connectivity index (χ0) is 21.0. The van der Waals surface area contributed by atoms with E-state index in [4.69, 9.17) is 4.74 Å². The van der Waals surface area contributed by atoms with Crippen molar-refractivity contribution in [3.63, 3.8) is 0 Å². The average molecular weight is 402 g/mol. The molecule has 1 saturated heterocycles. The summed E-state index contributed by atoms with van der Waals surface area (Å²) in [5.41, 5.74) is 1.70. The quantitative estimate of drug-likeness (QED) is 0.612. The third-order valence-electron chi connectivity index (χ3n) is 5.00. The van der Waals surface area contributed by atoms with Crippen LogP contribution in [0.25, 0.3) is 0 Å². The number of hydrogen-bond acceptors (Lipinski definition) is 6. The third-order valence-corrected chi connectivity index (χ3v) is 5.00. The van der Waals surface area contributed by atoms with Gasteiger partial charge in [0.05, 0.1) is 13.2 Å². The van der Waals surface area contributed by atoms with E-state index >= 15 is 0 Å². The van der Waals surface area contributed by atoms with Gasteiger partial charge in [0.1, 0.15) is 6.04 Å². The van der Waals surface area contributed by atoms with Crippen LogP contribution in [0.3, 0.4) is 0 Å². The molecule has 1 aliphatic heterocycles. The number of carbonyl (C=O) groups excluding carboxylic acids is 4. The lowest BCUT2D eigenvalue weighted by atomic mass is 10.2. The molecule has 2 fully saturated rings. The molecule has 9 heteroatoms. The molecule has 29 heavy (non-hydrogen) atoms. The molecule has 2 aliphatic rings. The van der Waals surface area contributed by atoms with E-state index in [1.54, 1.807) is 6.92 Å². The zero-order valence-electron chi connectivity index (χ0n) is 16.6. The summed E-state index contributed by atoms with van der Waals surface area (Å²) in [7, 11) is 0. The number of carbonyl (C=O) groups is 4. The largest absolute Gasteiger partial charge is 0.449 e. The number of rotatable bonds is 8. The number of ether oxygens (including phenoxy) is 1. The van der Waals surface area contributed by atoms with Gasteiger partial charge < -0.3 is 20.3 Å². The number of hydrogen-bond donors (Lipinski definition) is 2. The molecule has 1 aliphatic carbocycles. The molecular weight excluding hydrogens is 376 g/mol. The number of aromatic nitrogens is 1. The van der Waals surface area contributed by atoms with E-state index in [-0.39, 0.29) is 31.1 Å². The number of nitrogens with zero attached hydrogens (tertiary/aromatic N) is 2. The highest BCUT2D eigenvalue weighted by Gasteiger charge is 2.40. The normalized spacial score (nSPS) is 21.0. The van der Waals surface area contributed by atoms with Gasteiger partial charge in [-0.3, -0.25) is 19.4 Å². The van der Waals surface area contributed by atoms with Crippen LogP contribution < -0.4 is 10.6 Å². The standard InChI is InChI=1S/C20H26N4O5/c1-12-4-3-5-14(21-12)8-9-29-20(28)23-16-10-13(2)24(19(16)27)11-17(25)18(26)22-15-6-7-15/h3-5,13,15-16H,6-11H2,1-2H3,(H,22,26)(H,23,28). The minimum absolute atomic E-state index is 0.0809. The highest BCUT2D eigenvalue weighted by Crippen LogP contribution is 2.20. The Labute approximate surface area is 169 Å². The van der Waals surface area contributed by atoms with Crippen LogP contribution in [0, 0.1) is 6.92 Å². The Kier molecular flexibility index (Phi) is 6.46. The fourth-order valence-electron chi connectivity index (χ4n) is 3.23. The second-order valence-electron chi connectivity index (χ2n) is 7.57. The van der Waals surface area contributed by atoms with Crippen molar-refractivity contribution in [1.82, 2.24) is 20.5 Å². The molecule has 0 bridgehead atoms. The van der Waals surface area contributed by atoms with Gasteiger partial charge in [-0.2, -0.15) is 0 Å². The Morgan fingerprint density at radius 3 is 2.69 bits per heavy atom. The van der Waals surface area contributed by atoms with Crippen molar-refractivity contribution in [3.05, 3.63) is 29.6 Å². The molecule has 9 nitrogen and oxygen atoms in total. The summed E-state index contributed by atoms with van der Waals surface area (Å²) >= 11 is 0. The van der Waals surface area contributed by atoms with Gasteiger partial charge in [0.15, 0.2) is 0 Å². The first-order valence-electron chi connectivity index (χ1n) is 9.83. The topological polar surface area (TPSA) is 118 Å². The van der Waals surface area contributed by atoms with E-state index in [2.05, 4.69) is 15.6 Å². The van der Waals surface area contributed by atoms with Crippen molar-refractivity contribution in [3.8, 4) is 0 Å². The predicted molar refractivity (Wildman–Crippen MR) is 103 cm³/mol. The van der Waals surface area contributed by atoms with Crippen molar-refractivity contribution in [2.75, 3.05) is 13.2 Å². The van der Waals surface area contributed by atoms with Gasteiger partial charge in [-0.15, -0.1) is 0 Å². The van der Waals surface area contributed by atoms with Crippen LogP contribution in [0.4, 0.5) is 4.79 Å². The number of likely N-dealkylation sites (tertiary alicyclic amines) is 1. The SMILES string of the molecule is Cc1cccc(CCOC(=O)NC2CC(C)N(CC(=O)C(=O)NC3CC3)C2=O)n1. The number of alkyl carbamates (subject to hydrolysis) is 1. The zero-order valence-corrected chi connectivity index (χ0v) is 16.6. The summed E-state index contributed by atoms with van der Waals surface area (Å²) in [6, 6.07) is 4.67. The Balaban J connectivity index is 1.43. The highest BCUT2D eigenvalue weighted by molar-refractivity contribution is 6.37. The molecule has 1 aromatic rings. The summed E-state index contributed by atoms with van der Waals surface area (Å²) in [5.74, 6) is -1.69. The lowest BCUT2D eigenvalue weighted by Crippen LogP contribution is -2.46. The second-order valence-corrected chi connectivity index (χ2v) is 7.57. The van der Waals surface area contributed by atoms with Gasteiger partial charge in [0.2, 0.25) is 11.7 Å². The van der Waals surface area contributed by atoms with Gasteiger partial charge in [0.25, 0.3) is 5.91 Å². The van der Waals surface area contributed by atoms with Crippen molar-refractivity contribution < 1.29 is 23.9 Å². The first kappa shape index (κ1) is 20.8. The van der Waals surface area contributed by atoms with E-state index in [1.807, 2.05) is 25.1 Å². The molecule has 3 amide bonds. The fourth-order valence-corrected chi connectivity index (χ4v) is 3.23. The van der Waals surface area contributed by atoms with Crippen molar-refractivity contribution >= 4 is 23.7 Å². The Morgan fingerprint density at radius 1 is 1.24 bits per heavy atom. The summed E-state index contributed by atoms with van der Waals surface area (Å²) in [5, 5.41) is 5.17. The van der Waals surface area contributed by atoms with Crippen LogP contribution in [0.1, 0.15) is 37.6 Å².